The van der Waals surface area contributed by atoms with Gasteiger partial charge in [0.2, 0.25) is 17.8 Å². The summed E-state index contributed by atoms with van der Waals surface area (Å²) in [7, 11) is 0. The van der Waals surface area contributed by atoms with E-state index >= 15 is 0 Å². The Hall–Kier alpha value is -7.73. The van der Waals surface area contributed by atoms with Gasteiger partial charge in [0.25, 0.3) is 5.91 Å². The molecule has 18 rings (SSSR count). The smallest absolute Gasteiger partial charge is 0.414 e. The van der Waals surface area contributed by atoms with E-state index in [-0.39, 0.29) is 71.5 Å². The van der Waals surface area contributed by atoms with E-state index in [1.807, 2.05) is 56.3 Å². The summed E-state index contributed by atoms with van der Waals surface area (Å²) in [6, 6.07) is 44.1. The second-order valence-electron chi connectivity index (χ2n) is 30.9. The highest BCUT2D eigenvalue weighted by Gasteiger charge is 2.56. The molecule has 96 heavy (non-hydrogen) atoms. The molecule has 3 aromatic carbocycles. The summed E-state index contributed by atoms with van der Waals surface area (Å²) in [5.74, 6) is 6.43. The van der Waals surface area contributed by atoms with Crippen molar-refractivity contribution in [1.82, 2.24) is 29.7 Å². The Morgan fingerprint density at radius 2 is 0.792 bits per heavy atom. The number of benzene rings is 3. The monoisotopic (exact) mass is 1360 g/mol. The van der Waals surface area contributed by atoms with E-state index in [0.717, 1.165) is 92.4 Å². The molecule has 6 aromatic rings. The first-order valence-corrected chi connectivity index (χ1v) is 36.7. The normalized spacial score (nSPS) is 28.2. The van der Waals surface area contributed by atoms with Gasteiger partial charge in [-0.2, -0.15) is 4.99 Å². The molecule has 0 spiro atoms. The van der Waals surface area contributed by atoms with Crippen LogP contribution in [0.2, 0.25) is 0 Å². The number of rotatable bonds is 13. The zero-order chi connectivity index (χ0) is 67.5. The number of ether oxygens (including phenoxy) is 1. The summed E-state index contributed by atoms with van der Waals surface area (Å²) in [5.41, 5.74) is 27.1. The Morgan fingerprint density at radius 1 is 0.490 bits per heavy atom. The van der Waals surface area contributed by atoms with Gasteiger partial charge >= 0.3 is 6.09 Å². The maximum absolute atomic E-state index is 13.1. The number of nitrogens with two attached hydrogens (primary N) is 3. The number of nitrogens with one attached hydrogen (secondary N) is 4. The van der Waals surface area contributed by atoms with Gasteiger partial charge in [0.05, 0.1) is 0 Å². The SMILES string of the molecule is CC(C)(C)OC(=O)NC(=N)NC(=O)Cn1c(-c2ccccc2)ccc1C12CC3CC(CC(C3)C1)C2.CCBr.CCN=C(N)NC(=O)Cn1c(-c2ccccc2)ccc1C12CC3CC(CC(C3)C1)C2.NC(N)=NC(=O)Cn1c(-c2ccccc2)ccc1C12CC3CC(CC(C3)C1)C2. The van der Waals surface area contributed by atoms with Crippen LogP contribution >= 0.6 is 15.9 Å². The number of carbonyl (C=O) groups excluding carboxylic acids is 4. The third-order valence-corrected chi connectivity index (χ3v) is 22.5. The molecule has 3 heterocycles. The van der Waals surface area contributed by atoms with Crippen LogP contribution in [-0.4, -0.2) is 72.9 Å². The summed E-state index contributed by atoms with van der Waals surface area (Å²) in [6.07, 6.45) is 23.0. The number of aromatic nitrogens is 3. The number of nitrogens with zero attached hydrogens (tertiary/aromatic N) is 5. The molecule has 4 amide bonds. The number of carbonyl (C=O) groups is 4. The van der Waals surface area contributed by atoms with Gasteiger partial charge in [0, 0.05) is 62.3 Å². The van der Waals surface area contributed by atoms with Gasteiger partial charge in [-0.15, -0.1) is 0 Å². The fraction of sp³-hybridized carbons (Fsp3) is 0.526. The highest BCUT2D eigenvalue weighted by atomic mass is 79.9. The summed E-state index contributed by atoms with van der Waals surface area (Å²) in [6.45, 7) is 10.3. The second kappa shape index (κ2) is 28.8. The van der Waals surface area contributed by atoms with Gasteiger partial charge in [-0.05, 0) is 250 Å². The number of aliphatic imine (C=N–C) groups is 2. The fourth-order valence-electron chi connectivity index (χ4n) is 20.8. The van der Waals surface area contributed by atoms with Gasteiger partial charge in [-0.3, -0.25) is 40.7 Å². The van der Waals surface area contributed by atoms with Crippen molar-refractivity contribution in [2.75, 3.05) is 11.9 Å². The number of alkyl halides is 1. The Labute approximate surface area is 575 Å². The molecule has 0 unspecified atom stereocenters. The van der Waals surface area contributed by atoms with E-state index in [1.54, 1.807) is 20.8 Å². The molecule has 0 aliphatic heterocycles. The van der Waals surface area contributed by atoms with E-state index < -0.39 is 11.7 Å². The maximum Gasteiger partial charge on any atom is 0.414 e. The van der Waals surface area contributed by atoms with Crippen LogP contribution in [0.5, 0.6) is 0 Å². The largest absolute Gasteiger partial charge is 0.444 e. The number of hydrogen-bond donors (Lipinski definition) is 7. The van der Waals surface area contributed by atoms with E-state index in [9.17, 15) is 19.2 Å². The zero-order valence-electron chi connectivity index (χ0n) is 57.0. The predicted molar refractivity (Wildman–Crippen MR) is 385 cm³/mol. The Morgan fingerprint density at radius 3 is 1.08 bits per heavy atom. The van der Waals surface area contributed by atoms with E-state index in [2.05, 4.69) is 140 Å². The summed E-state index contributed by atoms with van der Waals surface area (Å²) >= 11 is 3.15. The minimum absolute atomic E-state index is 0.0900. The quantitative estimate of drug-likeness (QED) is 0.0332. The topological polar surface area (TPSA) is 255 Å². The Balaban J connectivity index is 0.000000136. The average Bonchev–Trinajstić information content (AvgIpc) is 1.30. The minimum Gasteiger partial charge on any atom is -0.444 e. The first kappa shape index (κ1) is 68.2. The molecule has 18 heteroatoms. The van der Waals surface area contributed by atoms with Crippen molar-refractivity contribution in [3.8, 4) is 33.8 Å². The first-order chi connectivity index (χ1) is 46.1. The van der Waals surface area contributed by atoms with Crippen LogP contribution in [-0.2, 0) is 55.0 Å². The van der Waals surface area contributed by atoms with Crippen LogP contribution in [0.15, 0.2) is 137 Å². The van der Waals surface area contributed by atoms with Crippen molar-refractivity contribution in [3.63, 3.8) is 0 Å². The molecule has 12 aliphatic rings. The highest BCUT2D eigenvalue weighted by molar-refractivity contribution is 9.09. The molecule has 12 aliphatic carbocycles. The van der Waals surface area contributed by atoms with Crippen LogP contribution in [0.3, 0.4) is 0 Å². The summed E-state index contributed by atoms with van der Waals surface area (Å²) < 4.78 is 11.8. The third kappa shape index (κ3) is 15.3. The number of halogens is 1. The van der Waals surface area contributed by atoms with Gasteiger partial charge < -0.3 is 35.6 Å². The van der Waals surface area contributed by atoms with Gasteiger partial charge in [-0.1, -0.05) is 114 Å². The molecule has 0 atom stereocenters. The van der Waals surface area contributed by atoms with Crippen molar-refractivity contribution in [2.24, 2.45) is 80.4 Å². The molecular weight excluding hydrogens is 1260 g/mol. The standard InChI is InChI=1S/C28H36N4O3.C25H32N4O.C23H28N4O.C2H5Br/c1-27(2,3)35-26(34)31-25(29)30-24(33)17-32-22(21-7-5-4-6-8-21)9-10-23(32)28-14-18-11-19(15-28)13-20(12-18)16-28;1-2-27-24(26)28-23(30)16-29-21(20-6-4-3-5-7-20)8-9-22(29)25-13-17-10-18(14-25)12-19(11-17)15-25;24-22(25)26-21(28)14-27-19(18-4-2-1-3-5-18)6-7-20(27)23-11-15-8-16(12-23)10-17(9-15)13-23;1-2-3/h4-10,18-20H,11-17H2,1-3H3,(H3,29,30,31,33,34);3-9,17-19H,2,10-16H2,1H3,(H3,26,27,28,30);1-7,15-17H,8-14H2,(H4,24,25,26,28);2H2,1H3. The van der Waals surface area contributed by atoms with E-state index in [4.69, 9.17) is 27.3 Å². The van der Waals surface area contributed by atoms with Gasteiger partial charge in [-0.25, -0.2) is 4.79 Å². The van der Waals surface area contributed by atoms with Gasteiger partial charge in [0.15, 0.2) is 11.9 Å². The summed E-state index contributed by atoms with van der Waals surface area (Å²) in [5, 5.41) is 16.7. The third-order valence-electron chi connectivity index (χ3n) is 22.5. The number of guanidine groups is 3. The van der Waals surface area contributed by atoms with Crippen LogP contribution in [0.4, 0.5) is 4.79 Å². The van der Waals surface area contributed by atoms with Crippen molar-refractivity contribution < 1.29 is 23.9 Å². The average molecular weight is 1370 g/mol. The van der Waals surface area contributed by atoms with Crippen molar-refractivity contribution >= 4 is 57.6 Å². The molecule has 12 bridgehead atoms. The van der Waals surface area contributed by atoms with Gasteiger partial charge in [0.1, 0.15) is 25.2 Å². The lowest BCUT2D eigenvalue weighted by molar-refractivity contribution is -0.121. The zero-order valence-corrected chi connectivity index (χ0v) is 58.6. The number of amides is 4. The van der Waals surface area contributed by atoms with Crippen LogP contribution in [0.1, 0.15) is 167 Å². The van der Waals surface area contributed by atoms with Crippen LogP contribution in [0, 0.1) is 58.7 Å². The molecule has 510 valence electrons. The highest BCUT2D eigenvalue weighted by Crippen LogP contribution is 2.64. The molecule has 10 N–H and O–H groups in total. The first-order valence-electron chi connectivity index (χ1n) is 35.5. The summed E-state index contributed by atoms with van der Waals surface area (Å²) in [4.78, 5) is 58.3. The number of hydrogen-bond acceptors (Lipinski definition) is 7. The van der Waals surface area contributed by atoms with Crippen LogP contribution < -0.4 is 33.2 Å². The minimum atomic E-state index is -0.761. The Bertz CT molecular complexity index is 3710. The Kier molecular flexibility index (Phi) is 20.4. The van der Waals surface area contributed by atoms with Crippen molar-refractivity contribution in [3.05, 3.63) is 144 Å². The van der Waals surface area contributed by atoms with E-state index in [0.29, 0.717) is 6.54 Å². The van der Waals surface area contributed by atoms with Crippen molar-refractivity contribution in [2.45, 2.75) is 192 Å². The molecular formula is C78H101BrN12O5. The lowest BCUT2D eigenvalue weighted by atomic mass is 9.49. The molecule has 12 saturated carbocycles. The fourth-order valence-corrected chi connectivity index (χ4v) is 20.8. The maximum atomic E-state index is 13.1. The lowest BCUT2D eigenvalue weighted by Gasteiger charge is -2.57. The molecule has 12 fully saturated rings. The molecule has 0 saturated heterocycles. The molecule has 17 nitrogen and oxygen atoms in total. The van der Waals surface area contributed by atoms with E-state index in [1.165, 1.54) is 133 Å². The van der Waals surface area contributed by atoms with Crippen LogP contribution in [0.25, 0.3) is 33.8 Å². The molecule has 3 aromatic heterocycles. The molecule has 0 radical (unpaired) electrons. The van der Waals surface area contributed by atoms with Crippen molar-refractivity contribution in [1.29, 1.82) is 5.41 Å². The number of alkyl carbamates (subject to hydrolysis) is 1. The predicted octanol–water partition coefficient (Wildman–Crippen LogP) is 14.1. The second-order valence-corrected chi connectivity index (χ2v) is 32.0. The lowest BCUT2D eigenvalue weighted by Crippen LogP contribution is -2.50.